The Morgan fingerprint density at radius 3 is 2.09 bits per heavy atom. The highest BCUT2D eigenvalue weighted by atomic mass is 35.5. The molecule has 2 fully saturated rings. The molecule has 0 bridgehead atoms. The molecule has 0 unspecified atom stereocenters. The summed E-state index contributed by atoms with van der Waals surface area (Å²) in [5, 5.41) is 10.2. The molecule has 2 aliphatic carbocycles. The Hall–Kier alpha value is -4.87. The highest BCUT2D eigenvalue weighted by molar-refractivity contribution is 6.33. The number of amides is 1. The number of hydrogen-bond donors (Lipinski definition) is 2. The third-order valence-electron chi connectivity index (χ3n) is 11.3. The lowest BCUT2D eigenvalue weighted by Crippen LogP contribution is -2.47. The minimum atomic E-state index is -0.666. The van der Waals surface area contributed by atoms with Gasteiger partial charge in [-0.25, -0.2) is 24.7 Å². The summed E-state index contributed by atoms with van der Waals surface area (Å²) >= 11 is 13.6. The molecule has 4 heterocycles. The number of anilines is 2. The van der Waals surface area contributed by atoms with E-state index in [1.807, 2.05) is 64.3 Å². The molecule has 6 aromatic rings. The highest BCUT2D eigenvalue weighted by Gasteiger charge is 2.33. The molecule has 13 heteroatoms. The molecule has 57 heavy (non-hydrogen) atoms. The molecule has 0 saturated heterocycles. The van der Waals surface area contributed by atoms with E-state index in [2.05, 4.69) is 60.1 Å². The second-order valence-electron chi connectivity index (χ2n) is 16.7. The Morgan fingerprint density at radius 2 is 1.40 bits per heavy atom. The minimum absolute atomic E-state index is 0.0241. The monoisotopic (exact) mass is 807 g/mol. The summed E-state index contributed by atoms with van der Waals surface area (Å²) < 4.78 is 10.3. The zero-order chi connectivity index (χ0) is 39.8. The molecule has 0 radical (unpaired) electrons. The van der Waals surface area contributed by atoms with Gasteiger partial charge < -0.3 is 29.4 Å². The molecule has 8 rings (SSSR count). The van der Waals surface area contributed by atoms with Crippen molar-refractivity contribution in [3.63, 3.8) is 0 Å². The Labute approximate surface area is 344 Å². The van der Waals surface area contributed by atoms with Crippen molar-refractivity contribution in [2.75, 3.05) is 10.6 Å². The quantitative estimate of drug-likeness (QED) is 0.148. The van der Waals surface area contributed by atoms with Crippen LogP contribution in [0.2, 0.25) is 10.0 Å². The van der Waals surface area contributed by atoms with E-state index in [-0.39, 0.29) is 18.2 Å². The van der Waals surface area contributed by atoms with Crippen molar-refractivity contribution in [1.82, 2.24) is 34.0 Å². The largest absolute Gasteiger partial charge is 0.444 e. The number of rotatable bonds is 9. The second kappa shape index (κ2) is 16.2. The summed E-state index contributed by atoms with van der Waals surface area (Å²) in [5.41, 5.74) is 5.61. The van der Waals surface area contributed by atoms with E-state index in [0.29, 0.717) is 52.3 Å². The standard InChI is InChI=1S/C44H51Cl2N9O2/c1-44(2,3)57-43(56)55(30-14-9-13-29(23-30)50-42-48-24-35(45)39(51-42)33-15-10-16-37-31(33)17-19-53(37)4)26-27-21-34(32-18-20-54(5)38(32)22-27)40-36(46)25-47-41(52-40)49-28-11-7-6-8-12-28/h10,15-22,24-25,28-30H,6-9,11-14,23,26H2,1-5H3,(H,47,49,52)(H,48,50,51)/t29-,30+/m1/s1. The van der Waals surface area contributed by atoms with Crippen molar-refractivity contribution >= 4 is 63.0 Å². The van der Waals surface area contributed by atoms with Crippen LogP contribution in [0.5, 0.6) is 0 Å². The summed E-state index contributed by atoms with van der Waals surface area (Å²) in [4.78, 5) is 35.2. The Kier molecular flexibility index (Phi) is 11.1. The molecule has 2 saturated carbocycles. The zero-order valence-corrected chi connectivity index (χ0v) is 34.9. The first-order chi connectivity index (χ1) is 27.4. The van der Waals surface area contributed by atoms with Crippen molar-refractivity contribution in [3.8, 4) is 22.5 Å². The molecule has 2 aliphatic rings. The average Bonchev–Trinajstić information content (AvgIpc) is 3.76. The fourth-order valence-corrected chi connectivity index (χ4v) is 8.91. The Bertz CT molecular complexity index is 2410. The highest BCUT2D eigenvalue weighted by Crippen LogP contribution is 2.37. The summed E-state index contributed by atoms with van der Waals surface area (Å²) in [6.07, 6.45) is 16.4. The fraction of sp³-hybridized carbons (Fsp3) is 0.432. The van der Waals surface area contributed by atoms with Crippen LogP contribution in [-0.4, -0.2) is 63.8 Å². The molecule has 2 atom stereocenters. The normalized spacial score (nSPS) is 17.9. The van der Waals surface area contributed by atoms with Crippen LogP contribution < -0.4 is 10.6 Å². The number of ether oxygens (including phenoxy) is 1. The van der Waals surface area contributed by atoms with Gasteiger partial charge >= 0.3 is 6.09 Å². The van der Waals surface area contributed by atoms with Gasteiger partial charge in [0.25, 0.3) is 0 Å². The number of nitrogens with one attached hydrogen (secondary N) is 2. The second-order valence-corrected chi connectivity index (χ2v) is 17.5. The maximum atomic E-state index is 14.2. The predicted molar refractivity (Wildman–Crippen MR) is 230 cm³/mol. The predicted octanol–water partition coefficient (Wildman–Crippen LogP) is 10.8. The van der Waals surface area contributed by atoms with Crippen LogP contribution in [-0.2, 0) is 25.4 Å². The van der Waals surface area contributed by atoms with Crippen molar-refractivity contribution in [2.24, 2.45) is 14.1 Å². The third kappa shape index (κ3) is 8.55. The molecule has 1 amide bonds. The molecule has 298 valence electrons. The van der Waals surface area contributed by atoms with Crippen LogP contribution in [0.1, 0.15) is 84.1 Å². The first kappa shape index (κ1) is 39.0. The van der Waals surface area contributed by atoms with E-state index in [1.54, 1.807) is 12.4 Å². The molecule has 0 aliphatic heterocycles. The molecule has 4 aromatic heterocycles. The van der Waals surface area contributed by atoms with Gasteiger partial charge in [0.15, 0.2) is 0 Å². The summed E-state index contributed by atoms with van der Waals surface area (Å²) in [6.45, 7) is 6.07. The first-order valence-electron chi connectivity index (χ1n) is 20.1. The summed E-state index contributed by atoms with van der Waals surface area (Å²) in [6, 6.07) is 14.9. The Morgan fingerprint density at radius 1 is 0.789 bits per heavy atom. The number of carbonyl (C=O) groups is 1. The maximum Gasteiger partial charge on any atom is 0.410 e. The first-order valence-corrected chi connectivity index (χ1v) is 20.9. The molecular weight excluding hydrogens is 757 g/mol. The molecular formula is C44H51Cl2N9O2. The number of fused-ring (bicyclic) bond motifs is 2. The van der Waals surface area contributed by atoms with Crippen LogP contribution >= 0.6 is 23.2 Å². The Balaban J connectivity index is 1.08. The van der Waals surface area contributed by atoms with Crippen molar-refractivity contribution in [3.05, 3.63) is 82.9 Å². The van der Waals surface area contributed by atoms with Crippen molar-refractivity contribution in [1.29, 1.82) is 0 Å². The van der Waals surface area contributed by atoms with E-state index in [9.17, 15) is 4.79 Å². The van der Waals surface area contributed by atoms with Gasteiger partial charge in [-0.1, -0.05) is 54.6 Å². The van der Waals surface area contributed by atoms with Gasteiger partial charge in [0.1, 0.15) is 5.60 Å². The van der Waals surface area contributed by atoms with E-state index in [1.165, 1.54) is 19.3 Å². The van der Waals surface area contributed by atoms with E-state index >= 15 is 0 Å². The number of benzene rings is 2. The van der Waals surface area contributed by atoms with E-state index < -0.39 is 5.60 Å². The lowest BCUT2D eigenvalue weighted by atomic mass is 9.89. The van der Waals surface area contributed by atoms with E-state index in [4.69, 9.17) is 37.9 Å². The topological polar surface area (TPSA) is 115 Å². The van der Waals surface area contributed by atoms with Gasteiger partial charge in [0.2, 0.25) is 11.9 Å². The van der Waals surface area contributed by atoms with Gasteiger partial charge in [-0.05, 0) is 95.2 Å². The van der Waals surface area contributed by atoms with Gasteiger partial charge in [-0.15, -0.1) is 0 Å². The number of aryl methyl sites for hydroxylation is 2. The number of nitrogens with zero attached hydrogens (tertiary/aromatic N) is 7. The van der Waals surface area contributed by atoms with Crippen molar-refractivity contribution in [2.45, 2.75) is 109 Å². The third-order valence-corrected chi connectivity index (χ3v) is 11.9. The van der Waals surface area contributed by atoms with Crippen LogP contribution in [0.3, 0.4) is 0 Å². The fourth-order valence-electron chi connectivity index (χ4n) is 8.53. The number of halogens is 2. The van der Waals surface area contributed by atoms with Gasteiger partial charge in [-0.3, -0.25) is 0 Å². The molecule has 0 spiro atoms. The van der Waals surface area contributed by atoms with Gasteiger partial charge in [0.05, 0.1) is 33.8 Å². The molecule has 2 N–H and O–H groups in total. The summed E-state index contributed by atoms with van der Waals surface area (Å²) in [7, 11) is 4.06. The van der Waals surface area contributed by atoms with Crippen LogP contribution in [0, 0.1) is 0 Å². The number of carbonyl (C=O) groups excluding carboxylic acids is 1. The molecule has 2 aromatic carbocycles. The average molecular weight is 809 g/mol. The zero-order valence-electron chi connectivity index (χ0n) is 33.4. The van der Waals surface area contributed by atoms with Crippen LogP contribution in [0.4, 0.5) is 16.7 Å². The van der Waals surface area contributed by atoms with Crippen LogP contribution in [0.25, 0.3) is 44.3 Å². The van der Waals surface area contributed by atoms with Gasteiger partial charge in [0, 0.05) is 84.1 Å². The minimum Gasteiger partial charge on any atom is -0.444 e. The number of aromatic nitrogens is 6. The van der Waals surface area contributed by atoms with Crippen molar-refractivity contribution < 1.29 is 9.53 Å². The lowest BCUT2D eigenvalue weighted by molar-refractivity contribution is 0.00938. The van der Waals surface area contributed by atoms with Crippen LogP contribution in [0.15, 0.2) is 67.3 Å². The maximum absolute atomic E-state index is 14.2. The van der Waals surface area contributed by atoms with Gasteiger partial charge in [-0.2, -0.15) is 0 Å². The SMILES string of the molecule is Cn1ccc2c(-c3nc(NC4CCCCC4)ncc3Cl)cc(CN(C(=O)OC(C)(C)C)[C@H]3CCC[C@@H](Nc4ncc(Cl)c(-c5cccc6c5ccn6C)n4)C3)cc21. The summed E-state index contributed by atoms with van der Waals surface area (Å²) in [5.74, 6) is 1.09. The smallest absolute Gasteiger partial charge is 0.410 e. The lowest BCUT2D eigenvalue weighted by Gasteiger charge is -2.38. The van der Waals surface area contributed by atoms with E-state index in [0.717, 1.165) is 70.6 Å². The molecule has 11 nitrogen and oxygen atoms in total. The number of hydrogen-bond acceptors (Lipinski definition) is 8.